The third-order valence-corrected chi connectivity index (χ3v) is 7.18. The Morgan fingerprint density at radius 2 is 1.93 bits per heavy atom. The van der Waals surface area contributed by atoms with Gasteiger partial charge in [0.05, 0.1) is 34.8 Å². The van der Waals surface area contributed by atoms with Crippen LogP contribution in [0.4, 0.5) is 0 Å². The molecule has 0 bridgehead atoms. The number of piperidine rings is 1. The number of halogens is 2. The van der Waals surface area contributed by atoms with Gasteiger partial charge in [-0.15, -0.1) is 0 Å². The number of hydrogen-bond acceptors (Lipinski definition) is 5. The molecule has 2 saturated heterocycles. The number of nitrogens with zero attached hydrogens (tertiary/aromatic N) is 2. The van der Waals surface area contributed by atoms with Crippen LogP contribution in [-0.4, -0.2) is 78.5 Å². The van der Waals surface area contributed by atoms with Crippen molar-refractivity contribution >= 4 is 29.1 Å². The minimum atomic E-state index is -0.478. The van der Waals surface area contributed by atoms with E-state index in [1.54, 1.807) is 12.1 Å². The van der Waals surface area contributed by atoms with E-state index in [0.717, 1.165) is 57.5 Å². The van der Waals surface area contributed by atoms with Crippen molar-refractivity contribution in [2.75, 3.05) is 39.3 Å². The fourth-order valence-electron chi connectivity index (χ4n) is 4.73. The molecule has 2 heterocycles. The molecule has 0 spiro atoms. The van der Waals surface area contributed by atoms with Crippen LogP contribution in [0, 0.1) is 5.92 Å². The lowest BCUT2D eigenvalue weighted by Gasteiger charge is -2.39. The van der Waals surface area contributed by atoms with Gasteiger partial charge in [-0.25, -0.2) is 0 Å². The maximum atomic E-state index is 12.8. The maximum Gasteiger partial charge on any atom is 0.228 e. The molecular weight excluding hydrogens is 427 g/mol. The van der Waals surface area contributed by atoms with Crippen LogP contribution in [0.15, 0.2) is 18.2 Å². The summed E-state index contributed by atoms with van der Waals surface area (Å²) >= 11 is 12.0. The molecule has 1 saturated carbocycles. The SMILES string of the molecule is O=C(C1CCC[C@@H]1O)N1CCOC(CN2CCC(Oc3ccc(Cl)c(Cl)c3)CC2)C1. The van der Waals surface area contributed by atoms with Crippen LogP contribution in [0.1, 0.15) is 32.1 Å². The van der Waals surface area contributed by atoms with Gasteiger partial charge in [-0.2, -0.15) is 0 Å². The highest BCUT2D eigenvalue weighted by molar-refractivity contribution is 6.42. The predicted octanol–water partition coefficient (Wildman–Crippen LogP) is 3.23. The van der Waals surface area contributed by atoms with E-state index in [1.165, 1.54) is 0 Å². The Balaban J connectivity index is 1.22. The van der Waals surface area contributed by atoms with Crippen molar-refractivity contribution in [3.63, 3.8) is 0 Å². The lowest BCUT2D eigenvalue weighted by Crippen LogP contribution is -2.52. The molecule has 30 heavy (non-hydrogen) atoms. The van der Waals surface area contributed by atoms with E-state index in [-0.39, 0.29) is 24.0 Å². The largest absolute Gasteiger partial charge is 0.490 e. The van der Waals surface area contributed by atoms with Gasteiger partial charge in [0.15, 0.2) is 0 Å². The molecule has 6 nitrogen and oxygen atoms in total. The average molecular weight is 457 g/mol. The fourth-order valence-corrected chi connectivity index (χ4v) is 5.02. The summed E-state index contributed by atoms with van der Waals surface area (Å²) in [6.07, 6.45) is 4.05. The summed E-state index contributed by atoms with van der Waals surface area (Å²) in [6.45, 7) is 4.48. The third-order valence-electron chi connectivity index (χ3n) is 6.44. The lowest BCUT2D eigenvalue weighted by atomic mass is 10.0. The molecule has 4 rings (SSSR count). The van der Waals surface area contributed by atoms with Crippen LogP contribution in [0.5, 0.6) is 5.75 Å². The number of aliphatic hydroxyl groups is 1. The molecule has 3 aliphatic rings. The van der Waals surface area contributed by atoms with Crippen LogP contribution in [0.2, 0.25) is 10.0 Å². The van der Waals surface area contributed by atoms with Crippen molar-refractivity contribution in [3.8, 4) is 5.75 Å². The van der Waals surface area contributed by atoms with Crippen LogP contribution in [0.25, 0.3) is 0 Å². The number of carbonyl (C=O) groups excluding carboxylic acids is 1. The number of hydrogen-bond donors (Lipinski definition) is 1. The summed E-state index contributed by atoms with van der Waals surface area (Å²) in [7, 11) is 0. The summed E-state index contributed by atoms with van der Waals surface area (Å²) in [5, 5.41) is 11.1. The van der Waals surface area contributed by atoms with Gasteiger partial charge < -0.3 is 24.4 Å². The Kier molecular flexibility index (Phi) is 7.42. The smallest absolute Gasteiger partial charge is 0.228 e. The summed E-state index contributed by atoms with van der Waals surface area (Å²) in [6, 6.07) is 5.37. The topological polar surface area (TPSA) is 62.2 Å². The van der Waals surface area contributed by atoms with Gasteiger partial charge in [-0.1, -0.05) is 23.2 Å². The van der Waals surface area contributed by atoms with E-state index in [4.69, 9.17) is 32.7 Å². The van der Waals surface area contributed by atoms with Crippen molar-refractivity contribution in [1.29, 1.82) is 0 Å². The lowest BCUT2D eigenvalue weighted by molar-refractivity contribution is -0.146. The minimum absolute atomic E-state index is 0.0220. The second-order valence-corrected chi connectivity index (χ2v) is 9.39. The van der Waals surface area contributed by atoms with Gasteiger partial charge in [0, 0.05) is 38.8 Å². The molecule has 1 aromatic rings. The van der Waals surface area contributed by atoms with Crippen molar-refractivity contribution in [1.82, 2.24) is 9.80 Å². The van der Waals surface area contributed by atoms with Crippen LogP contribution in [0.3, 0.4) is 0 Å². The van der Waals surface area contributed by atoms with Crippen LogP contribution >= 0.6 is 23.2 Å². The molecular formula is C22H30Cl2N2O4. The van der Waals surface area contributed by atoms with E-state index in [9.17, 15) is 9.90 Å². The zero-order valence-electron chi connectivity index (χ0n) is 17.1. The Bertz CT molecular complexity index is 742. The van der Waals surface area contributed by atoms with E-state index in [0.29, 0.717) is 29.7 Å². The average Bonchev–Trinajstić information content (AvgIpc) is 3.18. The highest BCUT2D eigenvalue weighted by Gasteiger charge is 2.36. The molecule has 166 valence electrons. The summed E-state index contributed by atoms with van der Waals surface area (Å²) in [5.74, 6) is 0.627. The number of ether oxygens (including phenoxy) is 2. The van der Waals surface area contributed by atoms with E-state index in [2.05, 4.69) is 4.90 Å². The number of carbonyl (C=O) groups is 1. The van der Waals surface area contributed by atoms with Gasteiger partial charge in [-0.05, 0) is 44.2 Å². The summed E-state index contributed by atoms with van der Waals surface area (Å²) in [5.41, 5.74) is 0. The highest BCUT2D eigenvalue weighted by atomic mass is 35.5. The van der Waals surface area contributed by atoms with Gasteiger partial charge in [0.2, 0.25) is 5.91 Å². The van der Waals surface area contributed by atoms with Crippen molar-refractivity contribution in [3.05, 3.63) is 28.2 Å². The van der Waals surface area contributed by atoms with Crippen molar-refractivity contribution in [2.45, 2.75) is 50.4 Å². The third kappa shape index (κ3) is 5.40. The molecule has 1 aromatic carbocycles. The second-order valence-electron chi connectivity index (χ2n) is 8.58. The first-order valence-corrected chi connectivity index (χ1v) is 11.7. The van der Waals surface area contributed by atoms with Gasteiger partial charge in [0.1, 0.15) is 11.9 Å². The van der Waals surface area contributed by atoms with Gasteiger partial charge in [0.25, 0.3) is 0 Å². The Hall–Kier alpha value is -1.05. The fraction of sp³-hybridized carbons (Fsp3) is 0.682. The summed E-state index contributed by atoms with van der Waals surface area (Å²) < 4.78 is 12.0. The number of likely N-dealkylation sites (tertiary alicyclic amines) is 1. The zero-order chi connectivity index (χ0) is 21.1. The van der Waals surface area contributed by atoms with Crippen LogP contribution < -0.4 is 4.74 Å². The Morgan fingerprint density at radius 3 is 2.63 bits per heavy atom. The number of benzene rings is 1. The molecule has 3 atom stereocenters. The number of aliphatic hydroxyl groups excluding tert-OH is 1. The predicted molar refractivity (Wildman–Crippen MR) is 116 cm³/mol. The number of amides is 1. The quantitative estimate of drug-likeness (QED) is 0.736. The molecule has 8 heteroatoms. The number of morpholine rings is 1. The summed E-state index contributed by atoms with van der Waals surface area (Å²) in [4.78, 5) is 17.1. The highest BCUT2D eigenvalue weighted by Crippen LogP contribution is 2.29. The molecule has 0 aromatic heterocycles. The minimum Gasteiger partial charge on any atom is -0.490 e. The molecule has 2 aliphatic heterocycles. The number of rotatable bonds is 5. The Morgan fingerprint density at radius 1 is 1.13 bits per heavy atom. The van der Waals surface area contributed by atoms with Crippen molar-refractivity contribution in [2.24, 2.45) is 5.92 Å². The van der Waals surface area contributed by atoms with Gasteiger partial charge >= 0.3 is 0 Å². The molecule has 2 unspecified atom stereocenters. The van der Waals surface area contributed by atoms with E-state index < -0.39 is 6.10 Å². The molecule has 1 N–H and O–H groups in total. The normalized spacial score (nSPS) is 28.6. The van der Waals surface area contributed by atoms with E-state index in [1.807, 2.05) is 11.0 Å². The van der Waals surface area contributed by atoms with Gasteiger partial charge in [-0.3, -0.25) is 4.79 Å². The van der Waals surface area contributed by atoms with Crippen LogP contribution in [-0.2, 0) is 9.53 Å². The molecule has 0 radical (unpaired) electrons. The molecule has 1 amide bonds. The Labute approximate surface area is 188 Å². The first-order valence-electron chi connectivity index (χ1n) is 10.9. The first-order chi connectivity index (χ1) is 14.5. The first kappa shape index (κ1) is 22.2. The van der Waals surface area contributed by atoms with E-state index >= 15 is 0 Å². The zero-order valence-corrected chi connectivity index (χ0v) is 18.7. The molecule has 1 aliphatic carbocycles. The maximum absolute atomic E-state index is 12.8. The monoisotopic (exact) mass is 456 g/mol. The molecule has 3 fully saturated rings. The standard InChI is InChI=1S/C22H30Cl2N2O4/c23-19-5-4-16(12-20(19)24)30-15-6-8-25(9-7-15)13-17-14-26(10-11-29-17)22(28)18-2-1-3-21(18)27/h4-5,12,15,17-18,21,27H,1-3,6-11,13-14H2/t17?,18?,21-/m0/s1. The van der Waals surface area contributed by atoms with Crippen molar-refractivity contribution < 1.29 is 19.4 Å². The second kappa shape index (κ2) is 10.0.